The monoisotopic (exact) mass is 293 g/mol. The third-order valence-electron chi connectivity index (χ3n) is 2.82. The van der Waals surface area contributed by atoms with Crippen LogP contribution in [0.25, 0.3) is 22.6 Å². The van der Waals surface area contributed by atoms with E-state index in [1.54, 1.807) is 18.2 Å². The minimum atomic E-state index is -0.792. The van der Waals surface area contributed by atoms with Crippen LogP contribution in [0.2, 0.25) is 0 Å². The lowest BCUT2D eigenvalue weighted by Gasteiger charge is -2.05. The van der Waals surface area contributed by atoms with Crippen LogP contribution in [-0.2, 0) is 0 Å². The third kappa shape index (κ3) is 2.12. The number of fused-ring (bicyclic) bond motifs is 1. The van der Waals surface area contributed by atoms with Crippen molar-refractivity contribution in [3.05, 3.63) is 42.0 Å². The Bertz CT molecular complexity index is 801. The molecular weight excluding hydrogens is 284 g/mol. The Morgan fingerprint density at radius 3 is 2.75 bits per heavy atom. The Kier molecular flexibility index (Phi) is 3.10. The summed E-state index contributed by atoms with van der Waals surface area (Å²) in [6.45, 7) is 0. The maximum atomic E-state index is 13.6. The van der Waals surface area contributed by atoms with Crippen molar-refractivity contribution in [2.24, 2.45) is 0 Å². The van der Waals surface area contributed by atoms with Crippen molar-refractivity contribution < 1.29 is 17.9 Å². The predicted octanol–water partition coefficient (Wildman–Crippen LogP) is 4.07. The normalized spacial score (nSPS) is 11.0. The van der Waals surface area contributed by atoms with Gasteiger partial charge in [-0.15, -0.1) is 12.6 Å². The molecule has 0 radical (unpaired) electrons. The van der Waals surface area contributed by atoms with Gasteiger partial charge in [0, 0.05) is 17.0 Å². The van der Waals surface area contributed by atoms with E-state index in [0.29, 0.717) is 16.2 Å². The number of hydrogen-bond donors (Lipinski definition) is 1. The first-order valence-corrected chi connectivity index (χ1v) is 6.16. The van der Waals surface area contributed by atoms with Crippen molar-refractivity contribution in [1.29, 1.82) is 0 Å². The van der Waals surface area contributed by atoms with Crippen LogP contribution < -0.4 is 4.74 Å². The molecule has 0 fully saturated rings. The highest BCUT2D eigenvalue weighted by atomic mass is 32.1. The summed E-state index contributed by atoms with van der Waals surface area (Å²) in [5.74, 6) is -0.836. The van der Waals surface area contributed by atoms with Crippen molar-refractivity contribution in [3.63, 3.8) is 0 Å². The van der Waals surface area contributed by atoms with Crippen molar-refractivity contribution >= 4 is 23.7 Å². The maximum absolute atomic E-state index is 13.6. The number of thiol groups is 1. The van der Waals surface area contributed by atoms with E-state index >= 15 is 0 Å². The summed E-state index contributed by atoms with van der Waals surface area (Å²) in [7, 11) is 1.50. The van der Waals surface area contributed by atoms with Gasteiger partial charge in [-0.3, -0.25) is 0 Å². The van der Waals surface area contributed by atoms with Crippen LogP contribution in [-0.4, -0.2) is 12.1 Å². The van der Waals surface area contributed by atoms with Gasteiger partial charge in [0.1, 0.15) is 17.1 Å². The van der Waals surface area contributed by atoms with Crippen molar-refractivity contribution in [3.8, 4) is 17.2 Å². The Morgan fingerprint density at radius 1 is 1.20 bits per heavy atom. The molecule has 0 aliphatic rings. The zero-order valence-corrected chi connectivity index (χ0v) is 11.2. The highest BCUT2D eigenvalue weighted by molar-refractivity contribution is 7.80. The number of halogens is 2. The molecule has 102 valence electrons. The molecule has 3 rings (SSSR count). The molecule has 0 N–H and O–H groups in total. The minimum absolute atomic E-state index is 0.0898. The number of nitrogens with zero attached hydrogens (tertiary/aromatic N) is 1. The largest absolute Gasteiger partial charge is 0.496 e. The molecule has 3 aromatic rings. The van der Waals surface area contributed by atoms with Gasteiger partial charge in [0.2, 0.25) is 5.89 Å². The lowest BCUT2D eigenvalue weighted by Crippen LogP contribution is -1.88. The number of oxazole rings is 1. The smallest absolute Gasteiger partial charge is 0.231 e. The number of aromatic nitrogens is 1. The van der Waals surface area contributed by atoms with E-state index in [0.717, 1.165) is 12.1 Å². The van der Waals surface area contributed by atoms with E-state index in [4.69, 9.17) is 9.15 Å². The predicted molar refractivity (Wildman–Crippen MR) is 73.2 cm³/mol. The molecule has 0 aliphatic carbocycles. The molecular formula is C14H9F2NO2S. The van der Waals surface area contributed by atoms with Crippen LogP contribution in [0.1, 0.15) is 0 Å². The lowest BCUT2D eigenvalue weighted by molar-refractivity contribution is 0.414. The Balaban J connectivity index is 2.25. The van der Waals surface area contributed by atoms with Crippen LogP contribution >= 0.6 is 12.6 Å². The average Bonchev–Trinajstić information content (AvgIpc) is 2.82. The number of benzene rings is 2. The zero-order chi connectivity index (χ0) is 14.3. The van der Waals surface area contributed by atoms with Gasteiger partial charge in [-0.05, 0) is 18.2 Å². The van der Waals surface area contributed by atoms with Gasteiger partial charge >= 0.3 is 0 Å². The zero-order valence-electron chi connectivity index (χ0n) is 10.4. The molecule has 0 bridgehead atoms. The molecule has 0 saturated carbocycles. The molecule has 0 aliphatic heterocycles. The fourth-order valence-corrected chi connectivity index (χ4v) is 2.14. The molecule has 20 heavy (non-hydrogen) atoms. The van der Waals surface area contributed by atoms with Crippen LogP contribution in [0.3, 0.4) is 0 Å². The Morgan fingerprint density at radius 2 is 2.00 bits per heavy atom. The van der Waals surface area contributed by atoms with Gasteiger partial charge in [0.15, 0.2) is 11.4 Å². The first kappa shape index (κ1) is 12.9. The van der Waals surface area contributed by atoms with E-state index in [9.17, 15) is 8.78 Å². The molecule has 0 unspecified atom stereocenters. The van der Waals surface area contributed by atoms with Gasteiger partial charge in [-0.2, -0.15) is 0 Å². The molecule has 1 heterocycles. The first-order chi connectivity index (χ1) is 9.58. The van der Waals surface area contributed by atoms with Gasteiger partial charge in [0.05, 0.1) is 12.7 Å². The summed E-state index contributed by atoms with van der Waals surface area (Å²) in [6.07, 6.45) is 0. The first-order valence-electron chi connectivity index (χ1n) is 5.71. The van der Waals surface area contributed by atoms with E-state index in [2.05, 4.69) is 17.6 Å². The number of methoxy groups -OCH3 is 1. The van der Waals surface area contributed by atoms with Crippen molar-refractivity contribution in [2.45, 2.75) is 4.90 Å². The van der Waals surface area contributed by atoms with Gasteiger partial charge < -0.3 is 9.15 Å². The quantitative estimate of drug-likeness (QED) is 0.723. The Labute approximate surface area is 118 Å². The molecule has 3 nitrogen and oxygen atoms in total. The van der Waals surface area contributed by atoms with Crippen LogP contribution in [0.15, 0.2) is 39.6 Å². The van der Waals surface area contributed by atoms with Crippen LogP contribution in [0, 0.1) is 11.6 Å². The summed E-state index contributed by atoms with van der Waals surface area (Å²) < 4.78 is 37.4. The molecule has 0 amide bonds. The minimum Gasteiger partial charge on any atom is -0.496 e. The second-order valence-corrected chi connectivity index (χ2v) is 4.66. The summed E-state index contributed by atoms with van der Waals surface area (Å²) in [5, 5.41) is 0. The standard InChI is InChI=1S/C14H9F2NO2S/c1-18-12-3-2-8(20)6-9(12)14-17-11-5-7(15)4-10(16)13(11)19-14/h2-6,20H,1H3. The number of rotatable bonds is 2. The summed E-state index contributed by atoms with van der Waals surface area (Å²) in [6, 6.07) is 6.99. The molecule has 0 atom stereocenters. The molecule has 6 heteroatoms. The summed E-state index contributed by atoms with van der Waals surface area (Å²) in [4.78, 5) is 4.77. The van der Waals surface area contributed by atoms with E-state index in [1.165, 1.54) is 7.11 Å². The van der Waals surface area contributed by atoms with Gasteiger partial charge in [0.25, 0.3) is 0 Å². The van der Waals surface area contributed by atoms with E-state index in [1.807, 2.05) is 0 Å². The van der Waals surface area contributed by atoms with E-state index in [-0.39, 0.29) is 17.0 Å². The fraction of sp³-hybridized carbons (Fsp3) is 0.0714. The topological polar surface area (TPSA) is 35.3 Å². The van der Waals surface area contributed by atoms with Crippen molar-refractivity contribution in [2.75, 3.05) is 7.11 Å². The maximum Gasteiger partial charge on any atom is 0.231 e. The fourth-order valence-electron chi connectivity index (χ4n) is 1.94. The molecule has 0 saturated heterocycles. The SMILES string of the molecule is COc1ccc(S)cc1-c1nc2cc(F)cc(F)c2o1. The van der Waals surface area contributed by atoms with Gasteiger partial charge in [-0.1, -0.05) is 0 Å². The van der Waals surface area contributed by atoms with Gasteiger partial charge in [-0.25, -0.2) is 13.8 Å². The van der Waals surface area contributed by atoms with Crippen LogP contribution in [0.4, 0.5) is 8.78 Å². The highest BCUT2D eigenvalue weighted by Crippen LogP contribution is 2.34. The number of ether oxygens (including phenoxy) is 1. The molecule has 1 aromatic heterocycles. The molecule has 2 aromatic carbocycles. The van der Waals surface area contributed by atoms with E-state index < -0.39 is 11.6 Å². The Hall–Kier alpha value is -2.08. The average molecular weight is 293 g/mol. The lowest BCUT2D eigenvalue weighted by atomic mass is 10.2. The number of hydrogen-bond acceptors (Lipinski definition) is 4. The summed E-state index contributed by atoms with van der Waals surface area (Å²) in [5.41, 5.74) is 0.549. The van der Waals surface area contributed by atoms with Crippen LogP contribution in [0.5, 0.6) is 5.75 Å². The molecule has 0 spiro atoms. The second kappa shape index (κ2) is 4.79. The highest BCUT2D eigenvalue weighted by Gasteiger charge is 2.16. The second-order valence-electron chi connectivity index (χ2n) is 4.14. The third-order valence-corrected chi connectivity index (χ3v) is 3.10. The van der Waals surface area contributed by atoms with Crippen molar-refractivity contribution in [1.82, 2.24) is 4.98 Å². The summed E-state index contributed by atoms with van der Waals surface area (Å²) >= 11 is 4.23.